The van der Waals surface area contributed by atoms with E-state index in [1.54, 1.807) is 30.3 Å². The predicted molar refractivity (Wildman–Crippen MR) is 63.8 cm³/mol. The summed E-state index contributed by atoms with van der Waals surface area (Å²) in [6.45, 7) is 3.73. The second-order valence-electron chi connectivity index (χ2n) is 3.88. The van der Waals surface area contributed by atoms with Gasteiger partial charge in [-0.2, -0.15) is 0 Å². The first-order valence-electron chi connectivity index (χ1n) is 5.12. The van der Waals surface area contributed by atoms with Crippen molar-refractivity contribution in [1.82, 2.24) is 0 Å². The minimum Gasteiger partial charge on any atom is -0.366 e. The number of nitrogens with two attached hydrogens (primary N) is 1. The van der Waals surface area contributed by atoms with E-state index in [0.29, 0.717) is 5.56 Å². The molecule has 0 heterocycles. The van der Waals surface area contributed by atoms with E-state index in [4.69, 9.17) is 5.73 Å². The molecule has 2 N–H and O–H groups in total. The van der Waals surface area contributed by atoms with E-state index in [9.17, 15) is 9.59 Å². The third-order valence-corrected chi connectivity index (χ3v) is 2.16. The maximum atomic E-state index is 11.6. The van der Waals surface area contributed by atoms with E-state index >= 15 is 0 Å². The SMILES string of the molecule is CC(C)C(=O)c1ccc(C=CC(N)=O)cc1. The minimum atomic E-state index is -0.484. The molecule has 1 amide bonds. The normalized spacial score (nSPS) is 10.9. The van der Waals surface area contributed by atoms with Crippen LogP contribution in [0.5, 0.6) is 0 Å². The molecule has 0 radical (unpaired) electrons. The average Bonchev–Trinajstić information content (AvgIpc) is 2.26. The maximum absolute atomic E-state index is 11.6. The number of primary amides is 1. The molecule has 1 rings (SSSR count). The molecule has 0 aliphatic heterocycles. The van der Waals surface area contributed by atoms with Crippen LogP contribution in [0.4, 0.5) is 0 Å². The van der Waals surface area contributed by atoms with Gasteiger partial charge in [-0.25, -0.2) is 0 Å². The van der Waals surface area contributed by atoms with E-state index in [1.165, 1.54) is 6.08 Å². The third-order valence-electron chi connectivity index (χ3n) is 2.16. The van der Waals surface area contributed by atoms with Crippen LogP contribution < -0.4 is 5.73 Å². The zero-order valence-electron chi connectivity index (χ0n) is 9.44. The summed E-state index contributed by atoms with van der Waals surface area (Å²) < 4.78 is 0. The fourth-order valence-electron chi connectivity index (χ4n) is 1.27. The standard InChI is InChI=1S/C13H15NO2/c1-9(2)13(16)11-6-3-10(4-7-11)5-8-12(14)15/h3-9H,1-2H3,(H2,14,15). The molecule has 0 aromatic heterocycles. The Kier molecular flexibility index (Phi) is 4.00. The number of amides is 1. The summed E-state index contributed by atoms with van der Waals surface area (Å²) in [4.78, 5) is 22.1. The number of hydrogen-bond donors (Lipinski definition) is 1. The first kappa shape index (κ1) is 12.2. The number of ketones is 1. The second-order valence-corrected chi connectivity index (χ2v) is 3.88. The number of rotatable bonds is 4. The van der Waals surface area contributed by atoms with Crippen molar-refractivity contribution in [3.05, 3.63) is 41.5 Å². The van der Waals surface area contributed by atoms with Crippen LogP contribution in [0.2, 0.25) is 0 Å². The summed E-state index contributed by atoms with van der Waals surface area (Å²) in [6.07, 6.45) is 2.91. The first-order valence-corrected chi connectivity index (χ1v) is 5.12. The lowest BCUT2D eigenvalue weighted by molar-refractivity contribution is -0.113. The Labute approximate surface area is 95.0 Å². The molecule has 0 unspecified atom stereocenters. The Morgan fingerprint density at radius 3 is 2.19 bits per heavy atom. The van der Waals surface area contributed by atoms with Gasteiger partial charge in [0.15, 0.2) is 5.78 Å². The van der Waals surface area contributed by atoms with Gasteiger partial charge in [0.1, 0.15) is 0 Å². The molecular formula is C13H15NO2. The van der Waals surface area contributed by atoms with Crippen molar-refractivity contribution in [2.45, 2.75) is 13.8 Å². The summed E-state index contributed by atoms with van der Waals surface area (Å²) >= 11 is 0. The zero-order chi connectivity index (χ0) is 12.1. The fraction of sp³-hybridized carbons (Fsp3) is 0.231. The molecule has 0 atom stereocenters. The molecule has 84 valence electrons. The lowest BCUT2D eigenvalue weighted by Crippen LogP contribution is -2.07. The highest BCUT2D eigenvalue weighted by Crippen LogP contribution is 2.10. The van der Waals surface area contributed by atoms with Gasteiger partial charge in [0, 0.05) is 17.6 Å². The Balaban J connectivity index is 2.83. The fourth-order valence-corrected chi connectivity index (χ4v) is 1.27. The van der Waals surface area contributed by atoms with Crippen LogP contribution in [0.15, 0.2) is 30.3 Å². The predicted octanol–water partition coefficient (Wildman–Crippen LogP) is 2.02. The summed E-state index contributed by atoms with van der Waals surface area (Å²) in [7, 11) is 0. The highest BCUT2D eigenvalue weighted by atomic mass is 16.1. The van der Waals surface area contributed by atoms with Crippen LogP contribution in [0.3, 0.4) is 0 Å². The smallest absolute Gasteiger partial charge is 0.241 e. The van der Waals surface area contributed by atoms with Crippen molar-refractivity contribution in [2.75, 3.05) is 0 Å². The molecule has 0 spiro atoms. The lowest BCUT2D eigenvalue weighted by Gasteiger charge is -2.03. The molecular weight excluding hydrogens is 202 g/mol. The van der Waals surface area contributed by atoms with Gasteiger partial charge in [0.05, 0.1) is 0 Å². The van der Waals surface area contributed by atoms with E-state index in [-0.39, 0.29) is 11.7 Å². The van der Waals surface area contributed by atoms with Gasteiger partial charge in [0.25, 0.3) is 0 Å². The Morgan fingerprint density at radius 2 is 1.75 bits per heavy atom. The number of benzene rings is 1. The van der Waals surface area contributed by atoms with Crippen molar-refractivity contribution < 1.29 is 9.59 Å². The summed E-state index contributed by atoms with van der Waals surface area (Å²) in [5.41, 5.74) is 6.51. The van der Waals surface area contributed by atoms with Gasteiger partial charge in [0.2, 0.25) is 5.91 Å². The van der Waals surface area contributed by atoms with Crippen LogP contribution in [0.1, 0.15) is 29.8 Å². The van der Waals surface area contributed by atoms with E-state index < -0.39 is 5.91 Å². The monoisotopic (exact) mass is 217 g/mol. The Hall–Kier alpha value is -1.90. The van der Waals surface area contributed by atoms with Gasteiger partial charge in [-0.3, -0.25) is 9.59 Å². The van der Waals surface area contributed by atoms with Crippen LogP contribution >= 0.6 is 0 Å². The topological polar surface area (TPSA) is 60.2 Å². The molecule has 3 heteroatoms. The van der Waals surface area contributed by atoms with Crippen molar-refractivity contribution in [3.8, 4) is 0 Å². The quantitative estimate of drug-likeness (QED) is 0.619. The van der Waals surface area contributed by atoms with Gasteiger partial charge < -0.3 is 5.73 Å². The summed E-state index contributed by atoms with van der Waals surface area (Å²) in [5, 5.41) is 0. The molecule has 1 aromatic rings. The van der Waals surface area contributed by atoms with Crippen molar-refractivity contribution in [1.29, 1.82) is 0 Å². The van der Waals surface area contributed by atoms with Crippen molar-refractivity contribution in [2.24, 2.45) is 11.7 Å². The van der Waals surface area contributed by atoms with Crippen LogP contribution in [-0.2, 0) is 4.79 Å². The number of Topliss-reactive ketones (excluding diaryl/α,β-unsaturated/α-hetero) is 1. The largest absolute Gasteiger partial charge is 0.366 e. The number of hydrogen-bond acceptors (Lipinski definition) is 2. The minimum absolute atomic E-state index is 0.00740. The van der Waals surface area contributed by atoms with E-state index in [1.807, 2.05) is 13.8 Å². The molecule has 0 bridgehead atoms. The van der Waals surface area contributed by atoms with Gasteiger partial charge in [-0.1, -0.05) is 38.1 Å². The lowest BCUT2D eigenvalue weighted by atomic mass is 10.00. The molecule has 3 nitrogen and oxygen atoms in total. The van der Waals surface area contributed by atoms with Crippen molar-refractivity contribution >= 4 is 17.8 Å². The molecule has 0 saturated heterocycles. The van der Waals surface area contributed by atoms with Gasteiger partial charge in [-0.15, -0.1) is 0 Å². The molecule has 0 saturated carbocycles. The highest BCUT2D eigenvalue weighted by Gasteiger charge is 2.09. The molecule has 0 fully saturated rings. The molecule has 1 aromatic carbocycles. The van der Waals surface area contributed by atoms with Crippen LogP contribution in [0.25, 0.3) is 6.08 Å². The summed E-state index contributed by atoms with van der Waals surface area (Å²) in [5.74, 6) is -0.375. The molecule has 0 aliphatic rings. The number of carbonyl (C=O) groups excluding carboxylic acids is 2. The second kappa shape index (κ2) is 5.26. The average molecular weight is 217 g/mol. The Bertz CT molecular complexity index is 416. The van der Waals surface area contributed by atoms with Crippen LogP contribution in [-0.4, -0.2) is 11.7 Å². The number of carbonyl (C=O) groups is 2. The third kappa shape index (κ3) is 3.35. The summed E-state index contributed by atoms with van der Waals surface area (Å²) in [6, 6.07) is 7.08. The van der Waals surface area contributed by atoms with Crippen molar-refractivity contribution in [3.63, 3.8) is 0 Å². The first-order chi connectivity index (χ1) is 7.50. The van der Waals surface area contributed by atoms with Gasteiger partial charge >= 0.3 is 0 Å². The maximum Gasteiger partial charge on any atom is 0.241 e. The van der Waals surface area contributed by atoms with Gasteiger partial charge in [-0.05, 0) is 11.6 Å². The zero-order valence-corrected chi connectivity index (χ0v) is 9.44. The highest BCUT2D eigenvalue weighted by molar-refractivity contribution is 5.97. The molecule has 0 aliphatic carbocycles. The Morgan fingerprint density at radius 1 is 1.19 bits per heavy atom. The van der Waals surface area contributed by atoms with E-state index in [0.717, 1.165) is 5.56 Å². The van der Waals surface area contributed by atoms with E-state index in [2.05, 4.69) is 0 Å². The molecule has 16 heavy (non-hydrogen) atoms. The van der Waals surface area contributed by atoms with Crippen LogP contribution in [0, 0.1) is 5.92 Å².